The molecule has 1 amide bonds. The minimum absolute atomic E-state index is 0. The number of halogens is 4. The zero-order chi connectivity index (χ0) is 14.7. The van der Waals surface area contributed by atoms with Gasteiger partial charge in [0.15, 0.2) is 17.5 Å². The molecule has 0 unspecified atom stereocenters. The first kappa shape index (κ1) is 17.8. The van der Waals surface area contributed by atoms with Crippen molar-refractivity contribution in [1.82, 2.24) is 10.2 Å². The monoisotopic (exact) mass is 322 g/mol. The molecule has 0 spiro atoms. The van der Waals surface area contributed by atoms with Gasteiger partial charge in [-0.25, -0.2) is 13.2 Å². The van der Waals surface area contributed by atoms with Crippen molar-refractivity contribution in [3.63, 3.8) is 0 Å². The highest BCUT2D eigenvalue weighted by atomic mass is 35.5. The lowest BCUT2D eigenvalue weighted by molar-refractivity contribution is 0.0685. The molecule has 0 saturated carbocycles. The zero-order valence-corrected chi connectivity index (χ0v) is 12.5. The number of carbonyl (C=O) groups is 1. The van der Waals surface area contributed by atoms with E-state index in [1.54, 1.807) is 0 Å². The van der Waals surface area contributed by atoms with Gasteiger partial charge in [-0.1, -0.05) is 0 Å². The van der Waals surface area contributed by atoms with E-state index in [1.807, 2.05) is 7.05 Å². The topological polar surface area (TPSA) is 32.3 Å². The summed E-state index contributed by atoms with van der Waals surface area (Å²) in [6.07, 6.45) is 1.63. The first-order chi connectivity index (χ1) is 9.54. The maximum atomic E-state index is 13.6. The number of likely N-dealkylation sites (tertiary alicyclic amines) is 1. The number of hydrogen-bond donors (Lipinski definition) is 1. The zero-order valence-electron chi connectivity index (χ0n) is 11.7. The molecule has 0 radical (unpaired) electrons. The molecule has 3 nitrogen and oxygen atoms in total. The first-order valence-corrected chi connectivity index (χ1v) is 6.62. The molecule has 118 valence electrons. The Morgan fingerprint density at radius 2 is 1.86 bits per heavy atom. The summed E-state index contributed by atoms with van der Waals surface area (Å²) in [6.45, 7) is 1.88. The standard InChI is InChI=1S/C14H17F3N2O.ClH/c1-18-8-9-4-6-19(7-5-9)14(20)10-2-3-11(15)13(17)12(10)16;/h2-3,9,18H,4-8H2,1H3;1H. The third-order valence-electron chi connectivity index (χ3n) is 3.66. The lowest BCUT2D eigenvalue weighted by Gasteiger charge is -2.32. The van der Waals surface area contributed by atoms with E-state index < -0.39 is 28.9 Å². The third-order valence-corrected chi connectivity index (χ3v) is 3.66. The van der Waals surface area contributed by atoms with Crippen LogP contribution in [-0.2, 0) is 0 Å². The van der Waals surface area contributed by atoms with E-state index in [2.05, 4.69) is 5.32 Å². The van der Waals surface area contributed by atoms with Crippen molar-refractivity contribution in [3.8, 4) is 0 Å². The Morgan fingerprint density at radius 1 is 1.24 bits per heavy atom. The van der Waals surface area contributed by atoms with E-state index in [1.165, 1.54) is 4.90 Å². The highest BCUT2D eigenvalue weighted by Crippen LogP contribution is 2.21. The van der Waals surface area contributed by atoms with Gasteiger partial charge in [0.2, 0.25) is 0 Å². The first-order valence-electron chi connectivity index (χ1n) is 6.62. The lowest BCUT2D eigenvalue weighted by Crippen LogP contribution is -2.40. The summed E-state index contributed by atoms with van der Waals surface area (Å²) < 4.78 is 39.6. The maximum Gasteiger partial charge on any atom is 0.256 e. The predicted molar refractivity (Wildman–Crippen MR) is 76.1 cm³/mol. The summed E-state index contributed by atoms with van der Waals surface area (Å²) in [4.78, 5) is 13.6. The van der Waals surface area contributed by atoms with Gasteiger partial charge < -0.3 is 10.2 Å². The Bertz CT molecular complexity index is 505. The minimum atomic E-state index is -1.60. The highest BCUT2D eigenvalue weighted by Gasteiger charge is 2.26. The van der Waals surface area contributed by atoms with Crippen molar-refractivity contribution in [3.05, 3.63) is 35.1 Å². The Hall–Kier alpha value is -1.27. The van der Waals surface area contributed by atoms with Gasteiger partial charge in [0.1, 0.15) is 0 Å². The van der Waals surface area contributed by atoms with E-state index in [0.29, 0.717) is 19.0 Å². The number of rotatable bonds is 3. The van der Waals surface area contributed by atoms with Crippen LogP contribution in [0.2, 0.25) is 0 Å². The van der Waals surface area contributed by atoms with Crippen LogP contribution in [-0.4, -0.2) is 37.5 Å². The molecule has 7 heteroatoms. The quantitative estimate of drug-likeness (QED) is 0.868. The van der Waals surface area contributed by atoms with E-state index in [9.17, 15) is 18.0 Å². The lowest BCUT2D eigenvalue weighted by atomic mass is 9.96. The highest BCUT2D eigenvalue weighted by molar-refractivity contribution is 5.94. The van der Waals surface area contributed by atoms with Crippen LogP contribution in [0.4, 0.5) is 13.2 Å². The van der Waals surface area contributed by atoms with Gasteiger partial charge in [-0.3, -0.25) is 4.79 Å². The SMILES string of the molecule is CNCC1CCN(C(=O)c2ccc(F)c(F)c2F)CC1.Cl. The molecule has 1 saturated heterocycles. The second kappa shape index (κ2) is 7.66. The molecule has 21 heavy (non-hydrogen) atoms. The van der Waals surface area contributed by atoms with Crippen LogP contribution < -0.4 is 5.32 Å². The molecule has 0 aromatic heterocycles. The third kappa shape index (κ3) is 3.89. The van der Waals surface area contributed by atoms with Crippen LogP contribution >= 0.6 is 12.4 Å². The van der Waals surface area contributed by atoms with Crippen LogP contribution in [0.1, 0.15) is 23.2 Å². The van der Waals surface area contributed by atoms with E-state index in [0.717, 1.165) is 31.5 Å². The number of piperidine rings is 1. The summed E-state index contributed by atoms with van der Waals surface area (Å²) >= 11 is 0. The van der Waals surface area contributed by atoms with Gasteiger partial charge in [0.25, 0.3) is 5.91 Å². The Kier molecular flexibility index (Phi) is 6.48. The summed E-state index contributed by atoms with van der Waals surface area (Å²) in [6, 6.07) is 1.77. The smallest absolute Gasteiger partial charge is 0.256 e. The predicted octanol–water partition coefficient (Wildman–Crippen LogP) is 2.60. The van der Waals surface area contributed by atoms with Gasteiger partial charge in [-0.2, -0.15) is 0 Å². The van der Waals surface area contributed by atoms with E-state index >= 15 is 0 Å². The summed E-state index contributed by atoms with van der Waals surface area (Å²) in [5, 5.41) is 3.08. The maximum absolute atomic E-state index is 13.6. The molecule has 0 atom stereocenters. The second-order valence-corrected chi connectivity index (χ2v) is 5.02. The minimum Gasteiger partial charge on any atom is -0.339 e. The van der Waals surface area contributed by atoms with Crippen molar-refractivity contribution in [2.75, 3.05) is 26.7 Å². The fourth-order valence-electron chi connectivity index (χ4n) is 2.49. The molecule has 2 rings (SSSR count). The van der Waals surface area contributed by atoms with Crippen LogP contribution in [0, 0.1) is 23.4 Å². The number of benzene rings is 1. The number of nitrogens with one attached hydrogen (secondary N) is 1. The molecule has 1 fully saturated rings. The number of carbonyl (C=O) groups excluding carboxylic acids is 1. The second-order valence-electron chi connectivity index (χ2n) is 5.02. The van der Waals surface area contributed by atoms with Crippen LogP contribution in [0.25, 0.3) is 0 Å². The fraction of sp³-hybridized carbons (Fsp3) is 0.500. The van der Waals surface area contributed by atoms with Crippen molar-refractivity contribution in [1.29, 1.82) is 0 Å². The van der Waals surface area contributed by atoms with Gasteiger partial charge in [-0.15, -0.1) is 12.4 Å². The molecule has 1 heterocycles. The van der Waals surface area contributed by atoms with Crippen molar-refractivity contribution in [2.24, 2.45) is 5.92 Å². The number of hydrogen-bond acceptors (Lipinski definition) is 2. The fourth-order valence-corrected chi connectivity index (χ4v) is 2.49. The molecule has 1 aromatic rings. The normalized spacial score (nSPS) is 15.7. The molecule has 0 bridgehead atoms. The summed E-state index contributed by atoms with van der Waals surface area (Å²) in [5.74, 6) is -4.39. The molecule has 0 aliphatic carbocycles. The molecule has 1 aliphatic heterocycles. The Labute approximate surface area is 127 Å². The summed E-state index contributed by atoms with van der Waals surface area (Å²) in [7, 11) is 1.87. The number of amides is 1. The van der Waals surface area contributed by atoms with Crippen LogP contribution in [0.15, 0.2) is 12.1 Å². The Balaban J connectivity index is 0.00000220. The van der Waals surface area contributed by atoms with Gasteiger partial charge in [0.05, 0.1) is 5.56 Å². The van der Waals surface area contributed by atoms with Gasteiger partial charge in [0, 0.05) is 13.1 Å². The summed E-state index contributed by atoms with van der Waals surface area (Å²) in [5.41, 5.74) is -0.407. The molecule has 1 aliphatic rings. The van der Waals surface area contributed by atoms with E-state index in [-0.39, 0.29) is 12.4 Å². The van der Waals surface area contributed by atoms with Crippen LogP contribution in [0.3, 0.4) is 0 Å². The Morgan fingerprint density at radius 3 is 2.43 bits per heavy atom. The average molecular weight is 323 g/mol. The van der Waals surface area contributed by atoms with E-state index in [4.69, 9.17) is 0 Å². The molecule has 1 N–H and O–H groups in total. The van der Waals surface area contributed by atoms with Crippen molar-refractivity contribution < 1.29 is 18.0 Å². The largest absolute Gasteiger partial charge is 0.339 e. The molecular formula is C14H18ClF3N2O. The van der Waals surface area contributed by atoms with Crippen LogP contribution in [0.5, 0.6) is 0 Å². The van der Waals surface area contributed by atoms with Crippen molar-refractivity contribution in [2.45, 2.75) is 12.8 Å². The molecular weight excluding hydrogens is 305 g/mol. The van der Waals surface area contributed by atoms with Gasteiger partial charge in [-0.05, 0) is 44.5 Å². The average Bonchev–Trinajstić information content (AvgIpc) is 2.45. The molecule has 1 aromatic carbocycles. The number of nitrogens with zero attached hydrogens (tertiary/aromatic N) is 1. The van der Waals surface area contributed by atoms with Gasteiger partial charge >= 0.3 is 0 Å². The van der Waals surface area contributed by atoms with Crippen molar-refractivity contribution >= 4 is 18.3 Å².